The molecular weight excluding hydrogens is 237 g/mol. The lowest BCUT2D eigenvalue weighted by Crippen LogP contribution is -2.38. The van der Waals surface area contributed by atoms with Crippen LogP contribution in [-0.4, -0.2) is 43.6 Å². The van der Waals surface area contributed by atoms with E-state index in [0.717, 1.165) is 13.0 Å². The predicted octanol–water partition coefficient (Wildman–Crippen LogP) is 0.944. The topological polar surface area (TPSA) is 50.7 Å². The Kier molecular flexibility index (Phi) is 4.92. The van der Waals surface area contributed by atoms with Crippen molar-refractivity contribution in [1.82, 2.24) is 5.32 Å². The highest BCUT2D eigenvalue weighted by Gasteiger charge is 2.16. The van der Waals surface area contributed by atoms with Gasteiger partial charge >= 0.3 is 0 Å². The van der Waals surface area contributed by atoms with Crippen LogP contribution in [0, 0.1) is 5.82 Å². The number of hydrogen-bond acceptors (Lipinski definition) is 4. The highest BCUT2D eigenvalue weighted by Crippen LogP contribution is 2.11. The first-order valence-electron chi connectivity index (χ1n) is 6.11. The zero-order valence-electron chi connectivity index (χ0n) is 10.1. The Morgan fingerprint density at radius 1 is 1.44 bits per heavy atom. The van der Waals surface area contributed by atoms with Gasteiger partial charge in [0.1, 0.15) is 24.3 Å². The van der Waals surface area contributed by atoms with Crippen LogP contribution in [0.5, 0.6) is 5.75 Å². The summed E-state index contributed by atoms with van der Waals surface area (Å²) in [5.74, 6) is 0.255. The van der Waals surface area contributed by atoms with Crippen LogP contribution in [0.1, 0.15) is 6.42 Å². The molecule has 1 aromatic rings. The third-order valence-corrected chi connectivity index (χ3v) is 2.83. The molecule has 1 heterocycles. The third-order valence-electron chi connectivity index (χ3n) is 2.83. The molecule has 1 saturated heterocycles. The van der Waals surface area contributed by atoms with Crippen molar-refractivity contribution >= 4 is 0 Å². The van der Waals surface area contributed by atoms with E-state index in [1.54, 1.807) is 12.1 Å². The van der Waals surface area contributed by atoms with Crippen molar-refractivity contribution in [3.8, 4) is 5.75 Å². The number of rotatable bonds is 6. The predicted molar refractivity (Wildman–Crippen MR) is 65.1 cm³/mol. The SMILES string of the molecule is OC(CNC1CCOC1)COc1ccc(F)cc1. The first-order chi connectivity index (χ1) is 8.74. The van der Waals surface area contributed by atoms with Crippen molar-refractivity contribution in [2.45, 2.75) is 18.6 Å². The summed E-state index contributed by atoms with van der Waals surface area (Å²) in [6.07, 6.45) is 0.390. The number of halogens is 1. The zero-order chi connectivity index (χ0) is 12.8. The fourth-order valence-corrected chi connectivity index (χ4v) is 1.78. The van der Waals surface area contributed by atoms with Crippen molar-refractivity contribution in [2.75, 3.05) is 26.4 Å². The molecule has 1 aliphatic rings. The summed E-state index contributed by atoms with van der Waals surface area (Å²) in [6.45, 7) is 2.13. The Morgan fingerprint density at radius 3 is 2.89 bits per heavy atom. The minimum atomic E-state index is -0.587. The summed E-state index contributed by atoms with van der Waals surface area (Å²) in [4.78, 5) is 0. The highest BCUT2D eigenvalue weighted by molar-refractivity contribution is 5.22. The zero-order valence-corrected chi connectivity index (χ0v) is 10.1. The van der Waals surface area contributed by atoms with Gasteiger partial charge in [0.25, 0.3) is 0 Å². The Morgan fingerprint density at radius 2 is 2.22 bits per heavy atom. The van der Waals surface area contributed by atoms with E-state index < -0.39 is 6.10 Å². The van der Waals surface area contributed by atoms with Crippen LogP contribution >= 0.6 is 0 Å². The van der Waals surface area contributed by atoms with Crippen LogP contribution in [0.2, 0.25) is 0 Å². The lowest BCUT2D eigenvalue weighted by Gasteiger charge is -2.16. The maximum atomic E-state index is 12.7. The van der Waals surface area contributed by atoms with Gasteiger partial charge in [-0.1, -0.05) is 0 Å². The van der Waals surface area contributed by atoms with Gasteiger partial charge < -0.3 is 19.9 Å². The lowest BCUT2D eigenvalue weighted by atomic mass is 10.2. The average molecular weight is 255 g/mol. The summed E-state index contributed by atoms with van der Waals surface area (Å²) in [5.41, 5.74) is 0. The van der Waals surface area contributed by atoms with Gasteiger partial charge in [0.2, 0.25) is 0 Å². The molecule has 0 bridgehead atoms. The van der Waals surface area contributed by atoms with Crippen molar-refractivity contribution in [3.05, 3.63) is 30.1 Å². The normalized spacial score (nSPS) is 20.9. The second-order valence-electron chi connectivity index (χ2n) is 4.39. The molecule has 1 fully saturated rings. The summed E-state index contributed by atoms with van der Waals surface area (Å²) >= 11 is 0. The number of aliphatic hydroxyl groups is 1. The van der Waals surface area contributed by atoms with Crippen LogP contribution in [0.3, 0.4) is 0 Å². The molecule has 2 unspecified atom stereocenters. The van der Waals surface area contributed by atoms with Crippen molar-refractivity contribution < 1.29 is 19.0 Å². The summed E-state index contributed by atoms with van der Waals surface area (Å²) in [7, 11) is 0. The molecule has 4 nitrogen and oxygen atoms in total. The molecule has 1 aliphatic heterocycles. The summed E-state index contributed by atoms with van der Waals surface area (Å²) in [5, 5.41) is 12.9. The van der Waals surface area contributed by atoms with E-state index in [0.29, 0.717) is 24.9 Å². The van der Waals surface area contributed by atoms with Gasteiger partial charge in [0, 0.05) is 19.2 Å². The smallest absolute Gasteiger partial charge is 0.123 e. The largest absolute Gasteiger partial charge is 0.491 e. The van der Waals surface area contributed by atoms with Gasteiger partial charge in [-0.2, -0.15) is 0 Å². The van der Waals surface area contributed by atoms with Crippen LogP contribution in [0.15, 0.2) is 24.3 Å². The van der Waals surface area contributed by atoms with Crippen LogP contribution in [0.25, 0.3) is 0 Å². The number of benzene rings is 1. The van der Waals surface area contributed by atoms with Crippen LogP contribution in [-0.2, 0) is 4.74 Å². The minimum Gasteiger partial charge on any atom is -0.491 e. The van der Waals surface area contributed by atoms with Crippen molar-refractivity contribution in [2.24, 2.45) is 0 Å². The van der Waals surface area contributed by atoms with Crippen LogP contribution in [0.4, 0.5) is 4.39 Å². The molecule has 0 aliphatic carbocycles. The Labute approximate surface area is 106 Å². The van der Waals surface area contributed by atoms with E-state index in [4.69, 9.17) is 9.47 Å². The first-order valence-corrected chi connectivity index (χ1v) is 6.11. The molecule has 0 radical (unpaired) electrons. The molecule has 0 aromatic heterocycles. The number of ether oxygens (including phenoxy) is 2. The Bertz CT molecular complexity index is 352. The Hall–Kier alpha value is -1.17. The van der Waals surface area contributed by atoms with Crippen molar-refractivity contribution in [1.29, 1.82) is 0 Å². The molecule has 2 atom stereocenters. The number of hydrogen-bond donors (Lipinski definition) is 2. The minimum absolute atomic E-state index is 0.187. The summed E-state index contributed by atoms with van der Waals surface area (Å²) < 4.78 is 23.2. The summed E-state index contributed by atoms with van der Waals surface area (Å²) in [6, 6.07) is 6.07. The van der Waals surface area contributed by atoms with Gasteiger partial charge in [-0.15, -0.1) is 0 Å². The maximum Gasteiger partial charge on any atom is 0.123 e. The highest BCUT2D eigenvalue weighted by atomic mass is 19.1. The molecule has 0 amide bonds. The fourth-order valence-electron chi connectivity index (χ4n) is 1.78. The maximum absolute atomic E-state index is 12.7. The fraction of sp³-hybridized carbons (Fsp3) is 0.538. The lowest BCUT2D eigenvalue weighted by molar-refractivity contribution is 0.102. The van der Waals surface area contributed by atoms with Crippen molar-refractivity contribution in [3.63, 3.8) is 0 Å². The van der Waals surface area contributed by atoms with E-state index in [2.05, 4.69) is 5.32 Å². The molecule has 100 valence electrons. The van der Waals surface area contributed by atoms with E-state index in [-0.39, 0.29) is 12.4 Å². The van der Waals surface area contributed by atoms with Crippen LogP contribution < -0.4 is 10.1 Å². The third kappa shape index (κ3) is 4.25. The monoisotopic (exact) mass is 255 g/mol. The Balaban J connectivity index is 1.64. The van der Waals surface area contributed by atoms with E-state index in [1.807, 2.05) is 0 Å². The molecular formula is C13H18FNO3. The van der Waals surface area contributed by atoms with E-state index >= 15 is 0 Å². The van der Waals surface area contributed by atoms with E-state index in [9.17, 15) is 9.50 Å². The molecule has 2 N–H and O–H groups in total. The number of nitrogens with one attached hydrogen (secondary N) is 1. The van der Waals surface area contributed by atoms with Gasteiger partial charge in [-0.05, 0) is 30.7 Å². The van der Waals surface area contributed by atoms with Gasteiger partial charge in [-0.25, -0.2) is 4.39 Å². The first kappa shape index (κ1) is 13.3. The molecule has 0 spiro atoms. The molecule has 18 heavy (non-hydrogen) atoms. The average Bonchev–Trinajstić information content (AvgIpc) is 2.89. The molecule has 0 saturated carbocycles. The van der Waals surface area contributed by atoms with Gasteiger partial charge in [0.15, 0.2) is 0 Å². The second-order valence-corrected chi connectivity index (χ2v) is 4.39. The van der Waals surface area contributed by atoms with E-state index in [1.165, 1.54) is 12.1 Å². The van der Waals surface area contributed by atoms with Gasteiger partial charge in [0.05, 0.1) is 6.61 Å². The second kappa shape index (κ2) is 6.68. The quantitative estimate of drug-likeness (QED) is 0.794. The molecule has 5 heteroatoms. The van der Waals surface area contributed by atoms with Gasteiger partial charge in [-0.3, -0.25) is 0 Å². The molecule has 2 rings (SSSR count). The number of aliphatic hydroxyl groups excluding tert-OH is 1. The molecule has 1 aromatic carbocycles. The standard InChI is InChI=1S/C13H18FNO3/c14-10-1-3-13(4-2-10)18-9-12(16)7-15-11-5-6-17-8-11/h1-4,11-12,15-16H,5-9H2.